The summed E-state index contributed by atoms with van der Waals surface area (Å²) in [6.45, 7) is 5.31. The molecule has 0 atom stereocenters. The topological polar surface area (TPSA) is 146 Å². The zero-order valence-electron chi connectivity index (χ0n) is 28.0. The van der Waals surface area contributed by atoms with Crippen LogP contribution < -0.4 is 0 Å². The van der Waals surface area contributed by atoms with Gasteiger partial charge in [0.25, 0.3) is 0 Å². The van der Waals surface area contributed by atoms with E-state index < -0.39 is 23.9 Å². The lowest BCUT2D eigenvalue weighted by Gasteiger charge is -2.04. The van der Waals surface area contributed by atoms with Gasteiger partial charge in [-0.15, -0.1) is 0 Å². The minimum absolute atomic E-state index is 0.0892. The molecule has 260 valence electrons. The second-order valence-corrected chi connectivity index (χ2v) is 11.4. The lowest BCUT2D eigenvalue weighted by molar-refractivity contribution is -0.273. The molecule has 0 rings (SSSR count). The number of carbonyl (C=O) groups is 4. The maximum atomic E-state index is 11.3. The highest BCUT2D eigenvalue weighted by atomic mass is 17.2. The van der Waals surface area contributed by atoms with Crippen LogP contribution in [0, 0.1) is 0 Å². The van der Waals surface area contributed by atoms with Gasteiger partial charge >= 0.3 is 23.9 Å². The second kappa shape index (κ2) is 37.0. The fourth-order valence-electron chi connectivity index (χ4n) is 4.33. The van der Waals surface area contributed by atoms with E-state index >= 15 is 0 Å². The van der Waals surface area contributed by atoms with Crippen molar-refractivity contribution >= 4 is 23.9 Å². The van der Waals surface area contributed by atoms with Crippen molar-refractivity contribution in [2.75, 3.05) is 13.2 Å². The Bertz CT molecular complexity index is 668. The van der Waals surface area contributed by atoms with Gasteiger partial charge in [-0.05, 0) is 38.5 Å². The van der Waals surface area contributed by atoms with E-state index in [0.717, 1.165) is 25.7 Å². The molecule has 0 aliphatic rings. The van der Waals surface area contributed by atoms with Crippen molar-refractivity contribution in [2.45, 2.75) is 181 Å². The Hall–Kier alpha value is -2.20. The van der Waals surface area contributed by atoms with Crippen LogP contribution in [0.5, 0.6) is 0 Å². The Morgan fingerprint density at radius 2 is 0.659 bits per heavy atom. The minimum atomic E-state index is -0.840. The summed E-state index contributed by atoms with van der Waals surface area (Å²) in [5, 5.41) is 16.9. The zero-order valence-corrected chi connectivity index (χ0v) is 28.0. The van der Waals surface area contributed by atoms with Gasteiger partial charge in [-0.3, -0.25) is 19.4 Å². The van der Waals surface area contributed by atoms with Crippen LogP contribution in [0.3, 0.4) is 0 Å². The van der Waals surface area contributed by atoms with Crippen molar-refractivity contribution in [2.24, 2.45) is 0 Å². The molecule has 10 heteroatoms. The van der Waals surface area contributed by atoms with Crippen LogP contribution in [0.15, 0.2) is 0 Å². The van der Waals surface area contributed by atoms with Crippen molar-refractivity contribution in [3.8, 4) is 0 Å². The largest absolute Gasteiger partial charge is 0.481 e. The van der Waals surface area contributed by atoms with Gasteiger partial charge in [0.1, 0.15) is 0 Å². The van der Waals surface area contributed by atoms with E-state index in [1.54, 1.807) is 0 Å². The molecule has 0 spiro atoms. The molecule has 44 heavy (non-hydrogen) atoms. The molecule has 0 aromatic heterocycles. The Labute approximate surface area is 266 Å². The Balaban J connectivity index is 0. The Morgan fingerprint density at radius 1 is 0.386 bits per heavy atom. The Kier molecular flexibility index (Phi) is 36.9. The van der Waals surface area contributed by atoms with Crippen LogP contribution in [-0.4, -0.2) is 47.3 Å². The lowest BCUT2D eigenvalue weighted by atomic mass is 10.1. The molecule has 0 radical (unpaired) electrons. The van der Waals surface area contributed by atoms with Gasteiger partial charge in [0.05, 0.1) is 13.2 Å². The highest BCUT2D eigenvalue weighted by Gasteiger charge is 2.06. The van der Waals surface area contributed by atoms with Crippen molar-refractivity contribution in [1.82, 2.24) is 0 Å². The van der Waals surface area contributed by atoms with Crippen molar-refractivity contribution in [3.05, 3.63) is 0 Å². The molecule has 0 fully saturated rings. The number of rotatable bonds is 32. The summed E-state index contributed by atoms with van der Waals surface area (Å²) in [5.74, 6) is -2.51. The maximum Gasteiger partial charge on any atom is 0.342 e. The monoisotopic (exact) mass is 632 g/mol. The van der Waals surface area contributed by atoms with Gasteiger partial charge in [0.2, 0.25) is 0 Å². The number of unbranched alkanes of at least 4 members (excludes halogenated alkanes) is 18. The van der Waals surface area contributed by atoms with Gasteiger partial charge in [-0.1, -0.05) is 117 Å². The predicted molar refractivity (Wildman–Crippen MR) is 171 cm³/mol. The first kappa shape index (κ1) is 43.9. The van der Waals surface area contributed by atoms with Gasteiger partial charge in [-0.2, -0.15) is 9.78 Å². The highest BCUT2D eigenvalue weighted by molar-refractivity contribution is 5.69. The third kappa shape index (κ3) is 41.9. The number of carboxylic acid groups (broad SMARTS) is 2. The molecular formula is C34H64O10. The molecule has 0 heterocycles. The SMILES string of the molecule is CCCCCCCCCCCCCCOOC(=O)CCCCC(=O)O.CCCCCCCCOOC(=O)CCCCC(=O)O. The quantitative estimate of drug-likeness (QED) is 0.0418. The fourth-order valence-corrected chi connectivity index (χ4v) is 4.33. The van der Waals surface area contributed by atoms with Crippen molar-refractivity contribution < 1.29 is 48.9 Å². The maximum absolute atomic E-state index is 11.3. The predicted octanol–water partition coefficient (Wildman–Crippen LogP) is 9.27. The molecule has 10 nitrogen and oxygen atoms in total. The number of hydrogen-bond donors (Lipinski definition) is 2. The van der Waals surface area contributed by atoms with Gasteiger partial charge in [0, 0.05) is 25.7 Å². The van der Waals surface area contributed by atoms with Gasteiger partial charge in [0.15, 0.2) is 0 Å². The molecule has 0 aromatic carbocycles. The first-order chi connectivity index (χ1) is 21.3. The number of carbonyl (C=O) groups excluding carboxylic acids is 2. The standard InChI is InChI=1S/C20H38O5.C14H26O5/c1-2-3-4-5-6-7-8-9-10-11-12-15-18-24-25-20(23)17-14-13-16-19(21)22;1-2-3-4-5-6-9-12-18-19-14(17)11-8-7-10-13(15)16/h2-18H2,1H3,(H,21,22);2-12H2,1H3,(H,15,16). The van der Waals surface area contributed by atoms with Crippen molar-refractivity contribution in [3.63, 3.8) is 0 Å². The van der Waals surface area contributed by atoms with Gasteiger partial charge in [-0.25, -0.2) is 9.59 Å². The molecule has 0 aliphatic heterocycles. The summed E-state index contributed by atoms with van der Waals surface area (Å²) < 4.78 is 0. The third-order valence-electron chi connectivity index (χ3n) is 7.01. The van der Waals surface area contributed by atoms with Crippen LogP contribution in [-0.2, 0) is 38.7 Å². The normalized spacial score (nSPS) is 10.6. The van der Waals surface area contributed by atoms with Crippen LogP contribution in [0.2, 0.25) is 0 Å². The summed E-state index contributed by atoms with van der Waals surface area (Å²) in [6, 6.07) is 0. The first-order valence-electron chi connectivity index (χ1n) is 17.4. The van der Waals surface area contributed by atoms with Crippen LogP contribution in [0.25, 0.3) is 0 Å². The highest BCUT2D eigenvalue weighted by Crippen LogP contribution is 2.12. The molecule has 0 saturated carbocycles. The minimum Gasteiger partial charge on any atom is -0.481 e. The van der Waals surface area contributed by atoms with Crippen LogP contribution in [0.4, 0.5) is 0 Å². The number of carboxylic acids is 2. The summed E-state index contributed by atoms with van der Waals surface area (Å²) >= 11 is 0. The van der Waals surface area contributed by atoms with E-state index in [1.807, 2.05) is 0 Å². The number of hydrogen-bond acceptors (Lipinski definition) is 8. The number of aliphatic carboxylic acids is 2. The molecule has 0 aliphatic carbocycles. The summed E-state index contributed by atoms with van der Waals surface area (Å²) in [5.41, 5.74) is 0. The van der Waals surface area contributed by atoms with E-state index in [1.165, 1.54) is 89.9 Å². The zero-order chi connectivity index (χ0) is 32.9. The Morgan fingerprint density at radius 3 is 0.955 bits per heavy atom. The molecule has 0 unspecified atom stereocenters. The summed E-state index contributed by atoms with van der Waals surface area (Å²) in [7, 11) is 0. The average Bonchev–Trinajstić information content (AvgIpc) is 2.99. The smallest absolute Gasteiger partial charge is 0.342 e. The first-order valence-corrected chi connectivity index (χ1v) is 17.4. The van der Waals surface area contributed by atoms with E-state index in [0.29, 0.717) is 38.9 Å². The summed E-state index contributed by atoms with van der Waals surface area (Å²) in [4.78, 5) is 62.0. The molecule has 0 bridgehead atoms. The van der Waals surface area contributed by atoms with Gasteiger partial charge < -0.3 is 10.2 Å². The molecule has 2 N–H and O–H groups in total. The third-order valence-corrected chi connectivity index (χ3v) is 7.01. The molecular weight excluding hydrogens is 568 g/mol. The lowest BCUT2D eigenvalue weighted by Crippen LogP contribution is -2.06. The van der Waals surface area contributed by atoms with E-state index in [-0.39, 0.29) is 25.7 Å². The second-order valence-electron chi connectivity index (χ2n) is 11.4. The molecule has 0 aromatic rings. The van der Waals surface area contributed by atoms with Crippen LogP contribution in [0.1, 0.15) is 181 Å². The van der Waals surface area contributed by atoms with E-state index in [2.05, 4.69) is 23.6 Å². The molecule has 0 amide bonds. The van der Waals surface area contributed by atoms with E-state index in [9.17, 15) is 19.2 Å². The summed E-state index contributed by atoms with van der Waals surface area (Å²) in [6.07, 6.45) is 25.0. The van der Waals surface area contributed by atoms with Crippen LogP contribution >= 0.6 is 0 Å². The fraction of sp³-hybridized carbons (Fsp3) is 0.882. The van der Waals surface area contributed by atoms with E-state index in [4.69, 9.17) is 20.0 Å². The van der Waals surface area contributed by atoms with Crippen molar-refractivity contribution in [1.29, 1.82) is 0 Å². The average molecular weight is 633 g/mol. The molecule has 0 saturated heterocycles.